The first kappa shape index (κ1) is 28.5. The predicted molar refractivity (Wildman–Crippen MR) is 160 cm³/mol. The molecule has 14 heteroatoms. The maximum absolute atomic E-state index is 15.1. The van der Waals surface area contributed by atoms with Crippen molar-refractivity contribution in [3.8, 4) is 17.8 Å². The van der Waals surface area contributed by atoms with Gasteiger partial charge in [-0.25, -0.2) is 9.18 Å². The molecule has 1 spiro atoms. The van der Waals surface area contributed by atoms with E-state index < -0.39 is 17.5 Å². The lowest BCUT2D eigenvalue weighted by atomic mass is 9.60. The molecule has 1 aliphatic heterocycles. The van der Waals surface area contributed by atoms with Crippen LogP contribution in [0.4, 0.5) is 20.7 Å². The highest BCUT2D eigenvalue weighted by molar-refractivity contribution is 6.16. The second-order valence-corrected chi connectivity index (χ2v) is 13.1. The van der Waals surface area contributed by atoms with Gasteiger partial charge in [0.2, 0.25) is 0 Å². The molecule has 1 atom stereocenters. The van der Waals surface area contributed by atoms with Crippen LogP contribution in [0.5, 0.6) is 17.8 Å². The number of hydrogen-bond donors (Lipinski definition) is 3. The molecule has 13 nitrogen and oxygen atoms in total. The summed E-state index contributed by atoms with van der Waals surface area (Å²) in [6.45, 7) is 6.72. The number of fused-ring (bicyclic) bond motifs is 3. The molecule has 1 saturated heterocycles. The van der Waals surface area contributed by atoms with Gasteiger partial charge in [-0.05, 0) is 45.7 Å². The van der Waals surface area contributed by atoms with E-state index in [2.05, 4.69) is 24.8 Å². The van der Waals surface area contributed by atoms with Crippen LogP contribution in [0.1, 0.15) is 46.5 Å². The fraction of sp³-hybridized carbons (Fsp3) is 0.500. The third kappa shape index (κ3) is 5.01. The largest absolute Gasteiger partial charge is 0.460 e. The summed E-state index contributed by atoms with van der Waals surface area (Å²) in [6, 6.07) is 3.05. The van der Waals surface area contributed by atoms with E-state index in [1.165, 1.54) is 36.5 Å². The lowest BCUT2D eigenvalue weighted by Crippen LogP contribution is -2.69. The molecular weight excluding hydrogens is 571 g/mol. The number of aliphatic hydroxyl groups is 1. The average Bonchev–Trinajstić information content (AvgIpc) is 3.28. The van der Waals surface area contributed by atoms with Gasteiger partial charge in [0, 0.05) is 49.8 Å². The Morgan fingerprint density at radius 3 is 2.52 bits per heavy atom. The molecule has 4 heterocycles. The molecule has 2 aliphatic carbocycles. The Morgan fingerprint density at radius 1 is 1.18 bits per heavy atom. The Kier molecular flexibility index (Phi) is 6.55. The number of aromatic amines is 1. The van der Waals surface area contributed by atoms with Gasteiger partial charge in [0.05, 0.1) is 35.1 Å². The van der Waals surface area contributed by atoms with Gasteiger partial charge < -0.3 is 34.9 Å². The fourth-order valence-corrected chi connectivity index (χ4v) is 6.06. The Balaban J connectivity index is 1.26. The van der Waals surface area contributed by atoms with Crippen LogP contribution >= 0.6 is 0 Å². The average molecular weight is 607 g/mol. The number of nitrogens with two attached hydrogens (primary N) is 1. The second kappa shape index (κ2) is 10.1. The molecule has 2 saturated carbocycles. The van der Waals surface area contributed by atoms with Gasteiger partial charge in [0.25, 0.3) is 0 Å². The molecular formula is C30H35FN8O5. The van der Waals surface area contributed by atoms with Gasteiger partial charge in [0.1, 0.15) is 29.0 Å². The number of ether oxygens (including phenoxy) is 3. The molecule has 44 heavy (non-hydrogen) atoms. The number of hydrogen-bond acceptors (Lipinski definition) is 11. The SMILES string of the molecule is CN(C(=O)OC(C)(C)C)c1cc(F)cc2c1[nH]c1nc(Oc3cnc(OC4CC(O)C4)nc3)nc(N3CC4(CC[C@H]4N)C3)c12. The minimum absolute atomic E-state index is 0.0396. The summed E-state index contributed by atoms with van der Waals surface area (Å²) in [5, 5.41) is 10.6. The van der Waals surface area contributed by atoms with E-state index in [1.54, 1.807) is 20.8 Å². The first-order valence-corrected chi connectivity index (χ1v) is 14.7. The topological polar surface area (TPSA) is 165 Å². The number of H-pyrrole nitrogens is 1. The quantitative estimate of drug-likeness (QED) is 0.290. The van der Waals surface area contributed by atoms with Crippen LogP contribution in [-0.4, -0.2) is 80.1 Å². The van der Waals surface area contributed by atoms with Gasteiger partial charge in [0.15, 0.2) is 5.75 Å². The van der Waals surface area contributed by atoms with Gasteiger partial charge in [-0.1, -0.05) is 0 Å². The Bertz CT molecular complexity index is 1740. The maximum Gasteiger partial charge on any atom is 0.414 e. The number of carbonyl (C=O) groups is 1. The minimum atomic E-state index is -0.729. The van der Waals surface area contributed by atoms with E-state index in [4.69, 9.17) is 24.9 Å². The number of aliphatic hydroxyl groups excluding tert-OH is 1. The molecule has 3 aliphatic rings. The summed E-state index contributed by atoms with van der Waals surface area (Å²) in [4.78, 5) is 37.4. The molecule has 1 amide bonds. The Hall–Kier alpha value is -4.30. The molecule has 232 valence electrons. The van der Waals surface area contributed by atoms with Crippen LogP contribution in [0.25, 0.3) is 21.9 Å². The van der Waals surface area contributed by atoms with Crippen molar-refractivity contribution in [1.82, 2.24) is 24.9 Å². The number of nitrogens with one attached hydrogen (secondary N) is 1. The first-order chi connectivity index (χ1) is 20.9. The smallest absolute Gasteiger partial charge is 0.414 e. The predicted octanol–water partition coefficient (Wildman–Crippen LogP) is 4.03. The molecule has 0 unspecified atom stereocenters. The zero-order valence-corrected chi connectivity index (χ0v) is 25.0. The molecule has 3 aromatic heterocycles. The third-order valence-electron chi connectivity index (χ3n) is 8.70. The summed E-state index contributed by atoms with van der Waals surface area (Å²) < 4.78 is 32.3. The summed E-state index contributed by atoms with van der Waals surface area (Å²) in [5.41, 5.74) is 6.88. The minimum Gasteiger partial charge on any atom is -0.460 e. The van der Waals surface area contributed by atoms with E-state index in [-0.39, 0.29) is 35.7 Å². The number of amides is 1. The van der Waals surface area contributed by atoms with Crippen molar-refractivity contribution in [3.05, 3.63) is 30.3 Å². The van der Waals surface area contributed by atoms with E-state index >= 15 is 4.39 Å². The van der Waals surface area contributed by atoms with Gasteiger partial charge in [-0.3, -0.25) is 4.90 Å². The van der Waals surface area contributed by atoms with E-state index in [9.17, 15) is 9.90 Å². The summed E-state index contributed by atoms with van der Waals surface area (Å²) in [5.74, 6) is 0.346. The highest BCUT2D eigenvalue weighted by Gasteiger charge is 2.54. The second-order valence-electron chi connectivity index (χ2n) is 13.1. The van der Waals surface area contributed by atoms with E-state index in [0.717, 1.165) is 12.8 Å². The fourth-order valence-electron chi connectivity index (χ4n) is 6.06. The molecule has 0 bridgehead atoms. The summed E-state index contributed by atoms with van der Waals surface area (Å²) >= 11 is 0. The summed E-state index contributed by atoms with van der Waals surface area (Å²) in [7, 11) is 1.53. The standard InChI is InChI=1S/C30H35FN8O5/c1-29(2,3)44-28(41)38(4)20-8-15(31)7-19-22-24(35-23(19)20)36-27(37-25(22)39-13-30(14-39)6-5-21(30)32)43-18-11-33-26(34-12-18)42-17-9-16(40)10-17/h7-8,11-12,16-17,21,40H,5-6,9-10,13-14,32H2,1-4H3,(H,35,36,37)/t16?,17?,21-/m1/s1. The van der Waals surface area contributed by atoms with Crippen LogP contribution in [0.3, 0.4) is 0 Å². The monoisotopic (exact) mass is 606 g/mol. The molecule has 0 radical (unpaired) electrons. The zero-order chi connectivity index (χ0) is 31.0. The van der Waals surface area contributed by atoms with E-state index in [0.29, 0.717) is 65.1 Å². The van der Waals surface area contributed by atoms with Gasteiger partial charge in [-0.15, -0.1) is 0 Å². The van der Waals surface area contributed by atoms with Crippen molar-refractivity contribution in [1.29, 1.82) is 0 Å². The van der Waals surface area contributed by atoms with Gasteiger partial charge >= 0.3 is 18.1 Å². The maximum atomic E-state index is 15.1. The Labute approximate surface area is 252 Å². The number of benzene rings is 1. The van der Waals surface area contributed by atoms with Crippen LogP contribution in [0.15, 0.2) is 24.5 Å². The number of carbonyl (C=O) groups excluding carboxylic acids is 1. The summed E-state index contributed by atoms with van der Waals surface area (Å²) in [6.07, 6.45) is 4.97. The Morgan fingerprint density at radius 2 is 1.91 bits per heavy atom. The number of halogens is 1. The first-order valence-electron chi connectivity index (χ1n) is 14.7. The number of rotatable bonds is 6. The molecule has 3 fully saturated rings. The van der Waals surface area contributed by atoms with Crippen molar-refractivity contribution in [2.24, 2.45) is 11.1 Å². The van der Waals surface area contributed by atoms with Crippen molar-refractivity contribution >= 4 is 39.5 Å². The van der Waals surface area contributed by atoms with Crippen LogP contribution in [0.2, 0.25) is 0 Å². The number of nitrogens with zero attached hydrogens (tertiary/aromatic N) is 6. The number of aromatic nitrogens is 5. The van der Waals surface area contributed by atoms with Crippen LogP contribution < -0.4 is 25.0 Å². The van der Waals surface area contributed by atoms with Gasteiger partial charge in [-0.2, -0.15) is 19.9 Å². The highest BCUT2D eigenvalue weighted by Crippen LogP contribution is 2.50. The highest BCUT2D eigenvalue weighted by atomic mass is 19.1. The molecule has 4 aromatic rings. The molecule has 4 N–H and O–H groups in total. The van der Waals surface area contributed by atoms with E-state index in [1.807, 2.05) is 0 Å². The normalized spacial score (nSPS) is 22.3. The molecule has 7 rings (SSSR count). The molecule has 1 aromatic carbocycles. The van der Waals surface area contributed by atoms with Crippen molar-refractivity contribution in [2.45, 2.75) is 70.3 Å². The van der Waals surface area contributed by atoms with Crippen molar-refractivity contribution in [3.63, 3.8) is 0 Å². The lowest BCUT2D eigenvalue weighted by Gasteiger charge is -2.60. The van der Waals surface area contributed by atoms with Crippen molar-refractivity contribution < 1.29 is 28.5 Å². The zero-order valence-electron chi connectivity index (χ0n) is 25.0. The lowest BCUT2D eigenvalue weighted by molar-refractivity contribution is -0.0151. The van der Waals surface area contributed by atoms with Crippen LogP contribution in [0, 0.1) is 11.2 Å². The van der Waals surface area contributed by atoms with Crippen LogP contribution in [-0.2, 0) is 4.74 Å². The number of anilines is 2. The van der Waals surface area contributed by atoms with Crippen molar-refractivity contribution in [2.75, 3.05) is 29.9 Å². The third-order valence-corrected chi connectivity index (χ3v) is 8.70.